The van der Waals surface area contributed by atoms with E-state index in [0.29, 0.717) is 16.5 Å². The third-order valence-electron chi connectivity index (χ3n) is 1.86. The summed E-state index contributed by atoms with van der Waals surface area (Å²) in [6.07, 6.45) is 1.46. The number of hydrogen-bond donors (Lipinski definition) is 0. The van der Waals surface area contributed by atoms with E-state index in [1.165, 1.54) is 12.3 Å². The molecule has 0 bridgehead atoms. The molecule has 0 saturated heterocycles. The van der Waals surface area contributed by atoms with Gasteiger partial charge in [0.2, 0.25) is 9.05 Å². The highest BCUT2D eigenvalue weighted by Gasteiger charge is 2.13. The maximum atomic E-state index is 10.8. The van der Waals surface area contributed by atoms with E-state index in [9.17, 15) is 8.42 Å². The monoisotopic (exact) mass is 292 g/mol. The highest BCUT2D eigenvalue weighted by atomic mass is 35.7. The predicted molar refractivity (Wildman–Crippen MR) is 63.2 cm³/mol. The molecular weight excluding hydrogens is 287 g/mol. The van der Waals surface area contributed by atoms with Crippen molar-refractivity contribution in [1.29, 1.82) is 0 Å². The first-order valence-corrected chi connectivity index (χ1v) is 7.29. The number of rotatable bonds is 3. The van der Waals surface area contributed by atoms with E-state index >= 15 is 0 Å². The van der Waals surface area contributed by atoms with Gasteiger partial charge < -0.3 is 4.52 Å². The minimum Gasteiger partial charge on any atom is -0.354 e. The first-order valence-electron chi connectivity index (χ1n) is 4.44. The maximum Gasteiger partial charge on any atom is 0.238 e. The fourth-order valence-corrected chi connectivity index (χ4v) is 2.14. The summed E-state index contributed by atoms with van der Waals surface area (Å²) in [5.41, 5.74) is 0.742. The second-order valence-corrected chi connectivity index (χ2v) is 6.44. The molecule has 5 nitrogen and oxygen atoms in total. The molecule has 0 atom stereocenters. The van der Waals surface area contributed by atoms with Crippen LogP contribution in [-0.4, -0.2) is 18.6 Å². The van der Waals surface area contributed by atoms with Crippen LogP contribution < -0.4 is 0 Å². The van der Waals surface area contributed by atoms with Crippen LogP contribution in [0, 0.1) is 0 Å². The topological polar surface area (TPSA) is 73.1 Å². The SMILES string of the molecule is O=S(=O)(Cl)Cc1cc(-c2ccc(Cl)cn2)on1. The van der Waals surface area contributed by atoms with Gasteiger partial charge in [0, 0.05) is 22.9 Å². The molecule has 0 amide bonds. The van der Waals surface area contributed by atoms with Gasteiger partial charge in [0.15, 0.2) is 5.76 Å². The van der Waals surface area contributed by atoms with Gasteiger partial charge in [0.1, 0.15) is 17.1 Å². The lowest BCUT2D eigenvalue weighted by Crippen LogP contribution is -1.94. The number of nitrogens with zero attached hydrogens (tertiary/aromatic N) is 2. The van der Waals surface area contributed by atoms with Crippen LogP contribution in [0.25, 0.3) is 11.5 Å². The summed E-state index contributed by atoms with van der Waals surface area (Å²) in [5, 5.41) is 4.09. The number of hydrogen-bond acceptors (Lipinski definition) is 5. The Morgan fingerprint density at radius 2 is 2.12 bits per heavy atom. The molecule has 0 unspecified atom stereocenters. The number of aromatic nitrogens is 2. The Hall–Kier alpha value is -1.11. The Kier molecular flexibility index (Phi) is 3.37. The average molecular weight is 293 g/mol. The lowest BCUT2D eigenvalue weighted by molar-refractivity contribution is 0.425. The summed E-state index contributed by atoms with van der Waals surface area (Å²) in [6, 6.07) is 4.75. The van der Waals surface area contributed by atoms with Crippen molar-refractivity contribution < 1.29 is 12.9 Å². The Labute approximate surface area is 107 Å². The molecule has 2 heterocycles. The van der Waals surface area contributed by atoms with Crippen molar-refractivity contribution in [3.05, 3.63) is 35.1 Å². The quantitative estimate of drug-likeness (QED) is 0.813. The van der Waals surface area contributed by atoms with Crippen LogP contribution in [0.15, 0.2) is 28.9 Å². The molecule has 0 N–H and O–H groups in total. The zero-order valence-corrected chi connectivity index (χ0v) is 10.6. The first-order chi connectivity index (χ1) is 7.94. The van der Waals surface area contributed by atoms with Gasteiger partial charge >= 0.3 is 0 Å². The smallest absolute Gasteiger partial charge is 0.238 e. The lowest BCUT2D eigenvalue weighted by Gasteiger charge is -1.93. The molecule has 0 radical (unpaired) electrons. The van der Waals surface area contributed by atoms with Gasteiger partial charge in [-0.25, -0.2) is 8.42 Å². The molecule has 2 aromatic rings. The van der Waals surface area contributed by atoms with Gasteiger partial charge in [-0.1, -0.05) is 16.8 Å². The van der Waals surface area contributed by atoms with E-state index in [2.05, 4.69) is 10.1 Å². The summed E-state index contributed by atoms with van der Waals surface area (Å²) in [7, 11) is 1.46. The highest BCUT2D eigenvalue weighted by molar-refractivity contribution is 8.13. The zero-order chi connectivity index (χ0) is 12.5. The Morgan fingerprint density at radius 1 is 1.35 bits per heavy atom. The van der Waals surface area contributed by atoms with E-state index < -0.39 is 9.05 Å². The molecule has 2 rings (SSSR count). The normalized spacial score (nSPS) is 11.6. The Balaban J connectivity index is 2.27. The van der Waals surface area contributed by atoms with E-state index in [0.717, 1.165) is 0 Å². The van der Waals surface area contributed by atoms with Crippen LogP contribution in [-0.2, 0) is 14.8 Å². The molecule has 0 aliphatic rings. The molecule has 0 saturated carbocycles. The minimum atomic E-state index is -3.64. The largest absolute Gasteiger partial charge is 0.354 e. The van der Waals surface area contributed by atoms with Crippen molar-refractivity contribution in [3.8, 4) is 11.5 Å². The third kappa shape index (κ3) is 3.42. The van der Waals surface area contributed by atoms with Crippen molar-refractivity contribution in [2.75, 3.05) is 0 Å². The molecule has 0 fully saturated rings. The highest BCUT2D eigenvalue weighted by Crippen LogP contribution is 2.20. The standard InChI is InChI=1S/C9H6Cl2N2O3S/c10-6-1-2-8(12-4-6)9-3-7(13-16-9)5-17(11,14)15/h1-4H,5H2. The van der Waals surface area contributed by atoms with Crippen LogP contribution in [0.5, 0.6) is 0 Å². The molecule has 17 heavy (non-hydrogen) atoms. The van der Waals surface area contributed by atoms with Gasteiger partial charge in [-0.2, -0.15) is 0 Å². The van der Waals surface area contributed by atoms with Crippen molar-refractivity contribution in [2.45, 2.75) is 5.75 Å². The van der Waals surface area contributed by atoms with Gasteiger partial charge in [0.05, 0.1) is 5.02 Å². The molecule has 2 aromatic heterocycles. The number of halogens is 2. The Morgan fingerprint density at radius 3 is 2.71 bits per heavy atom. The Bertz CT molecular complexity index is 622. The van der Waals surface area contributed by atoms with E-state index in [1.54, 1.807) is 12.1 Å². The van der Waals surface area contributed by atoms with Crippen LogP contribution in [0.3, 0.4) is 0 Å². The second-order valence-electron chi connectivity index (χ2n) is 3.23. The summed E-state index contributed by atoms with van der Waals surface area (Å²) >= 11 is 5.69. The van der Waals surface area contributed by atoms with Crippen molar-refractivity contribution in [1.82, 2.24) is 10.1 Å². The van der Waals surface area contributed by atoms with E-state index in [-0.39, 0.29) is 11.4 Å². The van der Waals surface area contributed by atoms with Crippen LogP contribution >= 0.6 is 22.3 Å². The summed E-state index contributed by atoms with van der Waals surface area (Å²) in [4.78, 5) is 4.01. The number of pyridine rings is 1. The van der Waals surface area contributed by atoms with Crippen molar-refractivity contribution in [3.63, 3.8) is 0 Å². The molecular formula is C9H6Cl2N2O3S. The fraction of sp³-hybridized carbons (Fsp3) is 0.111. The van der Waals surface area contributed by atoms with Gasteiger partial charge in [0.25, 0.3) is 0 Å². The molecule has 0 spiro atoms. The minimum absolute atomic E-state index is 0.228. The summed E-state index contributed by atoms with van der Waals surface area (Å²) in [5.74, 6) is -0.0250. The maximum absolute atomic E-state index is 10.8. The van der Waals surface area contributed by atoms with Gasteiger partial charge in [-0.05, 0) is 12.1 Å². The fourth-order valence-electron chi connectivity index (χ4n) is 1.20. The second kappa shape index (κ2) is 4.64. The van der Waals surface area contributed by atoms with Crippen LogP contribution in [0.1, 0.15) is 5.69 Å². The van der Waals surface area contributed by atoms with Crippen LogP contribution in [0.4, 0.5) is 0 Å². The summed E-state index contributed by atoms with van der Waals surface area (Å²) < 4.78 is 26.6. The molecule has 0 aliphatic heterocycles. The van der Waals surface area contributed by atoms with Crippen LogP contribution in [0.2, 0.25) is 5.02 Å². The molecule has 0 aliphatic carbocycles. The third-order valence-corrected chi connectivity index (χ3v) is 3.05. The predicted octanol–water partition coefficient (Wildman–Crippen LogP) is 2.46. The zero-order valence-electron chi connectivity index (χ0n) is 8.30. The average Bonchev–Trinajstić information content (AvgIpc) is 2.64. The lowest BCUT2D eigenvalue weighted by atomic mass is 10.3. The van der Waals surface area contributed by atoms with E-state index in [4.69, 9.17) is 26.8 Å². The molecule has 90 valence electrons. The summed E-state index contributed by atoms with van der Waals surface area (Å²) in [6.45, 7) is 0. The molecule has 0 aromatic carbocycles. The van der Waals surface area contributed by atoms with E-state index in [1.807, 2.05) is 0 Å². The van der Waals surface area contributed by atoms with Crippen molar-refractivity contribution in [2.24, 2.45) is 0 Å². The van der Waals surface area contributed by atoms with Crippen molar-refractivity contribution >= 4 is 31.3 Å². The molecule has 8 heteroatoms. The first kappa shape index (κ1) is 12.3. The van der Waals surface area contributed by atoms with Gasteiger partial charge in [-0.3, -0.25) is 4.98 Å². The van der Waals surface area contributed by atoms with Gasteiger partial charge in [-0.15, -0.1) is 0 Å².